The van der Waals surface area contributed by atoms with Gasteiger partial charge in [0.2, 0.25) is 5.03 Å². The second-order valence-corrected chi connectivity index (χ2v) is 4.48. The monoisotopic (exact) mass is 283 g/mol. The quantitative estimate of drug-likeness (QED) is 0.627. The van der Waals surface area contributed by atoms with E-state index in [-0.39, 0.29) is 56.5 Å². The van der Waals surface area contributed by atoms with Gasteiger partial charge in [-0.3, -0.25) is 4.55 Å². The van der Waals surface area contributed by atoms with Crippen LogP contribution in [-0.4, -0.2) is 74.3 Å². The zero-order valence-electron chi connectivity index (χ0n) is 8.25. The van der Waals surface area contributed by atoms with E-state index in [1.807, 2.05) is 0 Å². The third-order valence-electron chi connectivity index (χ3n) is 1.74. The molecule has 0 amide bonds. The number of halogens is 1. The molecule has 0 saturated carbocycles. The van der Waals surface area contributed by atoms with Crippen molar-refractivity contribution in [1.82, 2.24) is 9.97 Å². The van der Waals surface area contributed by atoms with Gasteiger partial charge in [0.1, 0.15) is 0 Å². The van der Waals surface area contributed by atoms with Crippen LogP contribution < -0.4 is 0 Å². The van der Waals surface area contributed by atoms with Gasteiger partial charge < -0.3 is 0 Å². The van der Waals surface area contributed by atoms with Gasteiger partial charge in [0.25, 0.3) is 0 Å². The third kappa shape index (κ3) is 2.99. The Morgan fingerprint density at radius 2 is 1.62 bits per heavy atom. The van der Waals surface area contributed by atoms with Crippen LogP contribution in [0, 0.1) is 0 Å². The van der Waals surface area contributed by atoms with Gasteiger partial charge in [-0.25, -0.2) is 9.97 Å². The number of rotatable bonds is 1. The Balaban J connectivity index is 0.00000128. The van der Waals surface area contributed by atoms with E-state index in [1.54, 1.807) is 24.3 Å². The zero-order valence-corrected chi connectivity index (χ0v) is 12.9. The van der Waals surface area contributed by atoms with Crippen LogP contribution in [0.1, 0.15) is 0 Å². The maximum absolute atomic E-state index is 10.9. The first-order chi connectivity index (χ1) is 6.98. The molecule has 1 N–H and O–H groups in total. The van der Waals surface area contributed by atoms with Gasteiger partial charge in [0.05, 0.1) is 11.0 Å². The molecule has 0 aliphatic heterocycles. The first kappa shape index (κ1) is 14.5. The minimum Gasteiger partial charge on any atom is -0.281 e. The van der Waals surface area contributed by atoms with E-state index < -0.39 is 15.1 Å². The number of para-hydroxylation sites is 2. The SMILES string of the molecule is O=S(=O)(O)c1nc2ccccc2nc1Cl.[K]. The summed E-state index contributed by atoms with van der Waals surface area (Å²) in [5.74, 6) is 0. The predicted molar refractivity (Wildman–Crippen MR) is 60.1 cm³/mol. The molecule has 2 aromatic rings. The molecule has 0 fully saturated rings. The summed E-state index contributed by atoms with van der Waals surface area (Å²) in [6.45, 7) is 0. The smallest absolute Gasteiger partial charge is 0.281 e. The summed E-state index contributed by atoms with van der Waals surface area (Å²) in [6, 6.07) is 6.62. The molecule has 0 bridgehead atoms. The van der Waals surface area contributed by atoms with Crippen molar-refractivity contribution in [3.05, 3.63) is 29.4 Å². The van der Waals surface area contributed by atoms with Gasteiger partial charge in [-0.15, -0.1) is 0 Å². The van der Waals surface area contributed by atoms with E-state index in [0.29, 0.717) is 11.0 Å². The molecule has 0 spiro atoms. The normalized spacial score (nSPS) is 11.1. The van der Waals surface area contributed by atoms with Gasteiger partial charge in [0, 0.05) is 51.4 Å². The van der Waals surface area contributed by atoms with Crippen molar-refractivity contribution in [2.75, 3.05) is 0 Å². The Morgan fingerprint density at radius 1 is 1.12 bits per heavy atom. The van der Waals surface area contributed by atoms with Crippen LogP contribution in [0.15, 0.2) is 29.3 Å². The van der Waals surface area contributed by atoms with Crippen LogP contribution >= 0.6 is 11.6 Å². The maximum atomic E-state index is 10.9. The van der Waals surface area contributed by atoms with Crippen molar-refractivity contribution < 1.29 is 13.0 Å². The number of fused-ring (bicyclic) bond motifs is 1. The standard InChI is InChI=1S/C8H5ClN2O3S.K/c9-7-8(15(12,13)14)11-6-4-2-1-3-5(6)10-7;/h1-4H,(H,12,13,14);. The Bertz CT molecular complexity index is 632. The molecular weight excluding hydrogens is 279 g/mol. The van der Waals surface area contributed by atoms with Crippen LogP contribution in [0.2, 0.25) is 5.15 Å². The number of hydrogen-bond acceptors (Lipinski definition) is 4. The molecular formula is C8H5ClKN2O3S. The van der Waals surface area contributed by atoms with Gasteiger partial charge in [-0.2, -0.15) is 8.42 Å². The molecule has 1 aromatic carbocycles. The average Bonchev–Trinajstić information content (AvgIpc) is 2.15. The fourth-order valence-electron chi connectivity index (χ4n) is 1.13. The fourth-order valence-corrected chi connectivity index (χ4v) is 2.02. The van der Waals surface area contributed by atoms with Crippen LogP contribution in [0.3, 0.4) is 0 Å². The molecule has 0 unspecified atom stereocenters. The zero-order chi connectivity index (χ0) is 11.1. The van der Waals surface area contributed by atoms with E-state index in [1.165, 1.54) is 0 Å². The van der Waals surface area contributed by atoms with Crippen LogP contribution in [-0.2, 0) is 10.1 Å². The molecule has 1 heterocycles. The van der Waals surface area contributed by atoms with Gasteiger partial charge >= 0.3 is 10.1 Å². The maximum Gasteiger partial charge on any atom is 0.315 e. The molecule has 1 aromatic heterocycles. The summed E-state index contributed by atoms with van der Waals surface area (Å²) in [4.78, 5) is 7.52. The van der Waals surface area contributed by atoms with E-state index in [2.05, 4.69) is 9.97 Å². The Labute approximate surface area is 139 Å². The minimum atomic E-state index is -4.43. The van der Waals surface area contributed by atoms with Gasteiger partial charge in [-0.1, -0.05) is 23.7 Å². The van der Waals surface area contributed by atoms with Crippen molar-refractivity contribution in [1.29, 1.82) is 0 Å². The summed E-state index contributed by atoms with van der Waals surface area (Å²) in [6.07, 6.45) is 0. The van der Waals surface area contributed by atoms with Crippen molar-refractivity contribution in [3.8, 4) is 0 Å². The molecule has 0 atom stereocenters. The summed E-state index contributed by atoms with van der Waals surface area (Å²) in [7, 11) is -4.43. The third-order valence-corrected chi connectivity index (χ3v) is 2.89. The summed E-state index contributed by atoms with van der Waals surface area (Å²) in [5, 5.41) is -0.959. The van der Waals surface area contributed by atoms with E-state index >= 15 is 0 Å². The molecule has 2 rings (SSSR count). The second kappa shape index (κ2) is 5.36. The van der Waals surface area contributed by atoms with Crippen LogP contribution in [0.5, 0.6) is 0 Å². The van der Waals surface area contributed by atoms with Crippen molar-refractivity contribution in [2.24, 2.45) is 0 Å². The van der Waals surface area contributed by atoms with Gasteiger partial charge in [-0.05, 0) is 12.1 Å². The molecule has 8 heteroatoms. The Kier molecular flexibility index (Phi) is 4.84. The van der Waals surface area contributed by atoms with Gasteiger partial charge in [0.15, 0.2) is 5.15 Å². The summed E-state index contributed by atoms with van der Waals surface area (Å²) >= 11 is 5.58. The van der Waals surface area contributed by atoms with E-state index in [0.717, 1.165) is 0 Å². The van der Waals surface area contributed by atoms with E-state index in [9.17, 15) is 8.42 Å². The first-order valence-corrected chi connectivity index (χ1v) is 5.70. The van der Waals surface area contributed by atoms with Crippen molar-refractivity contribution in [2.45, 2.75) is 5.03 Å². The number of aromatic nitrogens is 2. The largest absolute Gasteiger partial charge is 0.315 e. The van der Waals surface area contributed by atoms with Crippen molar-refractivity contribution in [3.63, 3.8) is 0 Å². The molecule has 0 aliphatic rings. The topological polar surface area (TPSA) is 80.2 Å². The number of nitrogens with zero attached hydrogens (tertiary/aromatic N) is 2. The van der Waals surface area contributed by atoms with Crippen LogP contribution in [0.25, 0.3) is 11.0 Å². The van der Waals surface area contributed by atoms with E-state index in [4.69, 9.17) is 16.2 Å². The average molecular weight is 284 g/mol. The molecule has 1 radical (unpaired) electrons. The predicted octanol–water partition coefficient (Wildman–Crippen LogP) is 1.15. The minimum absolute atomic E-state index is 0. The molecule has 0 saturated heterocycles. The van der Waals surface area contributed by atoms with Crippen LogP contribution in [0.4, 0.5) is 0 Å². The molecule has 79 valence electrons. The summed E-state index contributed by atoms with van der Waals surface area (Å²) < 4.78 is 30.5. The van der Waals surface area contributed by atoms with Crippen molar-refractivity contribution >= 4 is 84.1 Å². The summed E-state index contributed by atoms with van der Waals surface area (Å²) in [5.41, 5.74) is 0.824. The Morgan fingerprint density at radius 3 is 2.12 bits per heavy atom. The Hall–Kier alpha value is 0.396. The second-order valence-electron chi connectivity index (χ2n) is 2.78. The fraction of sp³-hybridized carbons (Fsp3) is 0. The first-order valence-electron chi connectivity index (χ1n) is 3.88. The number of benzene rings is 1. The number of hydrogen-bond donors (Lipinski definition) is 1. The molecule has 16 heavy (non-hydrogen) atoms. The molecule has 0 aliphatic carbocycles. The molecule has 5 nitrogen and oxygen atoms in total.